The smallest absolute Gasteiger partial charge is 0.265 e. The van der Waals surface area contributed by atoms with Crippen molar-refractivity contribution in [2.24, 2.45) is 0 Å². The summed E-state index contributed by atoms with van der Waals surface area (Å²) in [6.07, 6.45) is -0.733. The van der Waals surface area contributed by atoms with Gasteiger partial charge in [0.2, 0.25) is 5.91 Å². The number of ether oxygens (including phenoxy) is 1. The Balaban J connectivity index is 1.97. The van der Waals surface area contributed by atoms with Gasteiger partial charge in [0, 0.05) is 17.6 Å². The van der Waals surface area contributed by atoms with Crippen molar-refractivity contribution in [3.05, 3.63) is 52.5 Å². The molecule has 0 heterocycles. The van der Waals surface area contributed by atoms with Crippen LogP contribution in [0.5, 0.6) is 5.75 Å². The first-order valence-corrected chi connectivity index (χ1v) is 7.91. The van der Waals surface area contributed by atoms with Gasteiger partial charge in [0.25, 0.3) is 5.91 Å². The number of carbonyl (C=O) groups excluding carboxylic acids is 2. The van der Waals surface area contributed by atoms with Crippen LogP contribution in [-0.4, -0.2) is 17.9 Å². The van der Waals surface area contributed by atoms with Crippen molar-refractivity contribution in [3.8, 4) is 5.75 Å². The molecule has 126 valence electrons. The molecule has 5 nitrogen and oxygen atoms in total. The Morgan fingerprint density at radius 3 is 2.29 bits per heavy atom. The number of halogens is 2. The monoisotopic (exact) mass is 366 g/mol. The van der Waals surface area contributed by atoms with Gasteiger partial charge >= 0.3 is 0 Å². The highest BCUT2D eigenvalue weighted by Gasteiger charge is 2.16. The van der Waals surface area contributed by atoms with Crippen molar-refractivity contribution < 1.29 is 14.3 Å². The third-order valence-electron chi connectivity index (χ3n) is 3.05. The molecule has 1 atom stereocenters. The molecule has 2 aromatic carbocycles. The number of amides is 2. The minimum absolute atomic E-state index is 0.156. The molecular formula is C17H16Cl2N2O3. The molecule has 0 bridgehead atoms. The van der Waals surface area contributed by atoms with E-state index in [0.29, 0.717) is 27.2 Å². The van der Waals surface area contributed by atoms with E-state index in [4.69, 9.17) is 27.9 Å². The van der Waals surface area contributed by atoms with E-state index in [1.807, 2.05) is 0 Å². The van der Waals surface area contributed by atoms with Gasteiger partial charge in [-0.05, 0) is 49.4 Å². The minimum Gasteiger partial charge on any atom is -0.481 e. The van der Waals surface area contributed by atoms with Crippen molar-refractivity contribution in [2.75, 3.05) is 10.6 Å². The fourth-order valence-electron chi connectivity index (χ4n) is 1.90. The van der Waals surface area contributed by atoms with Crippen molar-refractivity contribution >= 4 is 46.4 Å². The highest BCUT2D eigenvalue weighted by atomic mass is 35.5. The number of carbonyl (C=O) groups is 2. The number of rotatable bonds is 5. The maximum Gasteiger partial charge on any atom is 0.265 e. The third-order valence-corrected chi connectivity index (χ3v) is 3.59. The van der Waals surface area contributed by atoms with Crippen LogP contribution in [-0.2, 0) is 9.59 Å². The van der Waals surface area contributed by atoms with E-state index in [9.17, 15) is 9.59 Å². The second kappa shape index (κ2) is 8.04. The number of hydrogen-bond donors (Lipinski definition) is 2. The summed E-state index contributed by atoms with van der Waals surface area (Å²) in [6, 6.07) is 11.5. The number of hydrogen-bond acceptors (Lipinski definition) is 3. The average Bonchev–Trinajstić information content (AvgIpc) is 2.51. The predicted molar refractivity (Wildman–Crippen MR) is 95.9 cm³/mol. The number of nitrogens with one attached hydrogen (secondary N) is 2. The first-order chi connectivity index (χ1) is 11.3. The largest absolute Gasteiger partial charge is 0.481 e. The number of benzene rings is 2. The molecule has 0 unspecified atom stereocenters. The van der Waals surface area contributed by atoms with Gasteiger partial charge in [-0.1, -0.05) is 23.2 Å². The van der Waals surface area contributed by atoms with Gasteiger partial charge in [0.1, 0.15) is 5.75 Å². The standard InChI is InChI=1S/C17H16Cl2N2O3/c1-10(17(23)21-16-8-3-12(18)9-15(16)19)24-14-6-4-13(5-7-14)20-11(2)22/h3-10H,1-2H3,(H,20,22)(H,21,23)/t10-/m0/s1. The van der Waals surface area contributed by atoms with Gasteiger partial charge in [0.05, 0.1) is 10.7 Å². The normalized spacial score (nSPS) is 11.5. The van der Waals surface area contributed by atoms with Gasteiger partial charge in [-0.3, -0.25) is 9.59 Å². The Labute approximate surface area is 149 Å². The molecule has 7 heteroatoms. The number of anilines is 2. The van der Waals surface area contributed by atoms with Crippen LogP contribution in [0.25, 0.3) is 0 Å². The Morgan fingerprint density at radius 2 is 1.71 bits per heavy atom. The van der Waals surface area contributed by atoms with Crippen LogP contribution in [0.2, 0.25) is 10.0 Å². The minimum atomic E-state index is -0.733. The lowest BCUT2D eigenvalue weighted by Crippen LogP contribution is -2.30. The maximum atomic E-state index is 12.2. The van der Waals surface area contributed by atoms with Crippen molar-refractivity contribution in [3.63, 3.8) is 0 Å². The van der Waals surface area contributed by atoms with Crippen LogP contribution in [0.1, 0.15) is 13.8 Å². The van der Waals surface area contributed by atoms with Gasteiger partial charge in [0.15, 0.2) is 6.10 Å². The summed E-state index contributed by atoms with van der Waals surface area (Å²) < 4.78 is 5.58. The van der Waals surface area contributed by atoms with Gasteiger partial charge in [-0.25, -0.2) is 0 Å². The highest BCUT2D eigenvalue weighted by Crippen LogP contribution is 2.25. The van der Waals surface area contributed by atoms with Crippen LogP contribution in [0.4, 0.5) is 11.4 Å². The maximum absolute atomic E-state index is 12.2. The van der Waals surface area contributed by atoms with Gasteiger partial charge in [-0.2, -0.15) is 0 Å². The molecule has 0 aliphatic heterocycles. The average molecular weight is 367 g/mol. The van der Waals surface area contributed by atoms with Crippen LogP contribution in [0, 0.1) is 0 Å². The van der Waals surface area contributed by atoms with Gasteiger partial charge < -0.3 is 15.4 Å². The molecule has 2 rings (SSSR count). The summed E-state index contributed by atoms with van der Waals surface area (Å²) in [5.41, 5.74) is 1.11. The summed E-state index contributed by atoms with van der Waals surface area (Å²) in [4.78, 5) is 23.2. The van der Waals surface area contributed by atoms with Crippen LogP contribution >= 0.6 is 23.2 Å². The summed E-state index contributed by atoms with van der Waals surface area (Å²) in [5, 5.41) is 6.17. The lowest BCUT2D eigenvalue weighted by molar-refractivity contribution is -0.122. The lowest BCUT2D eigenvalue weighted by atomic mass is 10.2. The zero-order valence-electron chi connectivity index (χ0n) is 13.1. The van der Waals surface area contributed by atoms with Crippen LogP contribution in [0.15, 0.2) is 42.5 Å². The van der Waals surface area contributed by atoms with Crippen LogP contribution < -0.4 is 15.4 Å². The molecule has 2 aromatic rings. The fourth-order valence-corrected chi connectivity index (χ4v) is 2.36. The third kappa shape index (κ3) is 5.15. The molecule has 0 saturated carbocycles. The molecule has 0 fully saturated rings. The molecule has 0 aliphatic rings. The molecule has 0 radical (unpaired) electrons. The lowest BCUT2D eigenvalue weighted by Gasteiger charge is -2.15. The Kier molecular flexibility index (Phi) is 6.06. The second-order valence-electron chi connectivity index (χ2n) is 5.08. The van der Waals surface area contributed by atoms with E-state index in [2.05, 4.69) is 10.6 Å². The van der Waals surface area contributed by atoms with E-state index >= 15 is 0 Å². The second-order valence-corrected chi connectivity index (χ2v) is 5.92. The topological polar surface area (TPSA) is 67.4 Å². The highest BCUT2D eigenvalue weighted by molar-refractivity contribution is 6.36. The fraction of sp³-hybridized carbons (Fsp3) is 0.176. The molecule has 0 aliphatic carbocycles. The Bertz CT molecular complexity index is 748. The Hall–Kier alpha value is -2.24. The molecule has 2 amide bonds. The molecule has 24 heavy (non-hydrogen) atoms. The van der Waals surface area contributed by atoms with E-state index in [0.717, 1.165) is 0 Å². The summed E-state index contributed by atoms with van der Waals surface area (Å²) in [5.74, 6) is 0.00960. The molecule has 0 saturated heterocycles. The summed E-state index contributed by atoms with van der Waals surface area (Å²) in [7, 11) is 0. The van der Waals surface area contributed by atoms with Crippen molar-refractivity contribution in [2.45, 2.75) is 20.0 Å². The first-order valence-electron chi connectivity index (χ1n) is 7.15. The van der Waals surface area contributed by atoms with E-state index in [-0.39, 0.29) is 11.8 Å². The van der Waals surface area contributed by atoms with E-state index in [1.165, 1.54) is 6.92 Å². The molecule has 2 N–H and O–H groups in total. The van der Waals surface area contributed by atoms with Crippen molar-refractivity contribution in [1.82, 2.24) is 0 Å². The predicted octanol–water partition coefficient (Wildman–Crippen LogP) is 4.36. The van der Waals surface area contributed by atoms with Crippen molar-refractivity contribution in [1.29, 1.82) is 0 Å². The van der Waals surface area contributed by atoms with Crippen LogP contribution in [0.3, 0.4) is 0 Å². The SMILES string of the molecule is CC(=O)Nc1ccc(O[C@@H](C)C(=O)Nc2ccc(Cl)cc2Cl)cc1. The Morgan fingerprint density at radius 1 is 1.04 bits per heavy atom. The molecule has 0 aromatic heterocycles. The zero-order chi connectivity index (χ0) is 17.7. The quantitative estimate of drug-likeness (QED) is 0.825. The summed E-state index contributed by atoms with van der Waals surface area (Å²) in [6.45, 7) is 3.06. The van der Waals surface area contributed by atoms with Gasteiger partial charge in [-0.15, -0.1) is 0 Å². The zero-order valence-corrected chi connectivity index (χ0v) is 14.6. The summed E-state index contributed by atoms with van der Waals surface area (Å²) >= 11 is 11.8. The first kappa shape index (κ1) is 18.1. The molecule has 0 spiro atoms. The van der Waals surface area contributed by atoms with E-state index < -0.39 is 6.10 Å². The molecular weight excluding hydrogens is 351 g/mol. The van der Waals surface area contributed by atoms with E-state index in [1.54, 1.807) is 49.4 Å².